The minimum Gasteiger partial charge on any atom is -0.218 e. The standard InChI is InChI=1S/C16H15F3O2S/c1-10-7-11(2)15(12(3)8-10)22(20,21)14-6-4-5-13(9-14)16(17,18)19/h4-9H,1-3H3. The van der Waals surface area contributed by atoms with Gasteiger partial charge in [0, 0.05) is 0 Å². The predicted molar refractivity (Wildman–Crippen MR) is 77.5 cm³/mol. The molecule has 2 aromatic rings. The maximum Gasteiger partial charge on any atom is 0.416 e. The van der Waals surface area contributed by atoms with Crippen LogP contribution in [0.3, 0.4) is 0 Å². The van der Waals surface area contributed by atoms with Gasteiger partial charge in [-0.05, 0) is 50.1 Å². The molecule has 0 N–H and O–H groups in total. The van der Waals surface area contributed by atoms with Crippen LogP contribution in [0.1, 0.15) is 22.3 Å². The molecule has 0 radical (unpaired) electrons. The lowest BCUT2D eigenvalue weighted by Crippen LogP contribution is -2.10. The lowest BCUT2D eigenvalue weighted by molar-refractivity contribution is -0.137. The molecule has 0 aliphatic rings. The Kier molecular flexibility index (Phi) is 4.08. The maximum atomic E-state index is 12.8. The van der Waals surface area contributed by atoms with E-state index in [1.165, 1.54) is 6.07 Å². The topological polar surface area (TPSA) is 34.1 Å². The van der Waals surface area contributed by atoms with E-state index in [1.807, 2.05) is 6.92 Å². The van der Waals surface area contributed by atoms with Crippen molar-refractivity contribution in [2.75, 3.05) is 0 Å². The van der Waals surface area contributed by atoms with E-state index in [4.69, 9.17) is 0 Å². The molecular formula is C16H15F3O2S. The summed E-state index contributed by atoms with van der Waals surface area (Å²) in [6, 6.07) is 7.22. The summed E-state index contributed by atoms with van der Waals surface area (Å²) in [4.78, 5) is -0.283. The van der Waals surface area contributed by atoms with E-state index in [-0.39, 0.29) is 9.79 Å². The number of alkyl halides is 3. The molecule has 0 saturated heterocycles. The summed E-state index contributed by atoms with van der Waals surface area (Å²) in [5.41, 5.74) is 0.971. The third-order valence-electron chi connectivity index (χ3n) is 3.35. The van der Waals surface area contributed by atoms with Gasteiger partial charge >= 0.3 is 6.18 Å². The van der Waals surface area contributed by atoms with Gasteiger partial charge in [0.2, 0.25) is 9.84 Å². The van der Waals surface area contributed by atoms with Crippen LogP contribution in [0.25, 0.3) is 0 Å². The highest BCUT2D eigenvalue weighted by Gasteiger charge is 2.32. The first kappa shape index (κ1) is 16.5. The fourth-order valence-corrected chi connectivity index (χ4v) is 4.29. The monoisotopic (exact) mass is 328 g/mol. The molecule has 22 heavy (non-hydrogen) atoms. The minimum atomic E-state index is -4.58. The van der Waals surface area contributed by atoms with Gasteiger partial charge in [-0.2, -0.15) is 13.2 Å². The van der Waals surface area contributed by atoms with Crippen LogP contribution in [0.5, 0.6) is 0 Å². The molecule has 0 spiro atoms. The highest BCUT2D eigenvalue weighted by Crippen LogP contribution is 2.33. The van der Waals surface area contributed by atoms with Gasteiger partial charge in [0.1, 0.15) is 0 Å². The Bertz CT molecular complexity index is 799. The molecule has 0 aromatic heterocycles. The molecule has 0 heterocycles. The summed E-state index contributed by atoms with van der Waals surface area (Å²) in [5, 5.41) is 0. The second-order valence-corrected chi connectivity index (χ2v) is 7.14. The van der Waals surface area contributed by atoms with Gasteiger partial charge < -0.3 is 0 Å². The molecule has 2 aromatic carbocycles. The van der Waals surface area contributed by atoms with Crippen molar-refractivity contribution in [1.82, 2.24) is 0 Å². The van der Waals surface area contributed by atoms with E-state index < -0.39 is 21.6 Å². The summed E-state index contributed by atoms with van der Waals surface area (Å²) in [6.45, 7) is 5.11. The van der Waals surface area contributed by atoms with Crippen LogP contribution >= 0.6 is 0 Å². The SMILES string of the molecule is Cc1cc(C)c(S(=O)(=O)c2cccc(C(F)(F)F)c2)c(C)c1. The molecule has 0 aliphatic carbocycles. The molecule has 2 rings (SSSR count). The summed E-state index contributed by atoms with van der Waals surface area (Å²) in [6.07, 6.45) is -4.58. The third-order valence-corrected chi connectivity index (χ3v) is 5.40. The number of hydrogen-bond acceptors (Lipinski definition) is 2. The molecule has 6 heteroatoms. The Balaban J connectivity index is 2.67. The van der Waals surface area contributed by atoms with Crippen LogP contribution < -0.4 is 0 Å². The third kappa shape index (κ3) is 3.02. The van der Waals surface area contributed by atoms with Gasteiger partial charge in [-0.15, -0.1) is 0 Å². The lowest BCUT2D eigenvalue weighted by Gasteiger charge is -2.14. The van der Waals surface area contributed by atoms with Crippen molar-refractivity contribution in [2.24, 2.45) is 0 Å². The number of halogens is 3. The first-order chi connectivity index (χ1) is 10.0. The molecule has 2 nitrogen and oxygen atoms in total. The maximum absolute atomic E-state index is 12.8. The minimum absolute atomic E-state index is 0.0671. The predicted octanol–water partition coefficient (Wildman–Crippen LogP) is 4.46. The van der Waals surface area contributed by atoms with Crippen LogP contribution in [-0.2, 0) is 16.0 Å². The van der Waals surface area contributed by atoms with Crippen molar-refractivity contribution in [3.05, 3.63) is 58.7 Å². The Morgan fingerprint density at radius 3 is 1.95 bits per heavy atom. The molecule has 0 fully saturated rings. The Hall–Kier alpha value is -1.82. The average Bonchev–Trinajstić information content (AvgIpc) is 2.36. The highest BCUT2D eigenvalue weighted by atomic mass is 32.2. The van der Waals surface area contributed by atoms with Gasteiger partial charge in [-0.25, -0.2) is 8.42 Å². The van der Waals surface area contributed by atoms with Crippen molar-refractivity contribution in [1.29, 1.82) is 0 Å². The van der Waals surface area contributed by atoms with E-state index >= 15 is 0 Å². The van der Waals surface area contributed by atoms with Crippen LogP contribution in [0.4, 0.5) is 13.2 Å². The van der Waals surface area contributed by atoms with E-state index in [0.29, 0.717) is 17.2 Å². The molecule has 0 atom stereocenters. The Morgan fingerprint density at radius 2 is 1.45 bits per heavy atom. The summed E-state index contributed by atoms with van der Waals surface area (Å²) in [5.74, 6) is 0. The zero-order valence-electron chi connectivity index (χ0n) is 12.3. The molecule has 0 amide bonds. The fourth-order valence-electron chi connectivity index (χ4n) is 2.55. The fraction of sp³-hybridized carbons (Fsp3) is 0.250. The van der Waals surface area contributed by atoms with Crippen LogP contribution in [-0.4, -0.2) is 8.42 Å². The zero-order chi connectivity index (χ0) is 16.7. The molecule has 0 aliphatic heterocycles. The molecule has 0 unspecified atom stereocenters. The van der Waals surface area contributed by atoms with Crippen LogP contribution in [0.15, 0.2) is 46.2 Å². The van der Waals surface area contributed by atoms with Crippen molar-refractivity contribution in [3.8, 4) is 0 Å². The summed E-state index contributed by atoms with van der Waals surface area (Å²) < 4.78 is 63.7. The van der Waals surface area contributed by atoms with Crippen molar-refractivity contribution in [2.45, 2.75) is 36.7 Å². The Morgan fingerprint density at radius 1 is 0.909 bits per heavy atom. The molecule has 0 bridgehead atoms. The van der Waals surface area contributed by atoms with Gasteiger partial charge in [0.25, 0.3) is 0 Å². The van der Waals surface area contributed by atoms with Crippen LogP contribution in [0.2, 0.25) is 0 Å². The van der Waals surface area contributed by atoms with Gasteiger partial charge in [0.05, 0.1) is 15.4 Å². The van der Waals surface area contributed by atoms with Gasteiger partial charge in [0.15, 0.2) is 0 Å². The van der Waals surface area contributed by atoms with Crippen molar-refractivity contribution >= 4 is 9.84 Å². The largest absolute Gasteiger partial charge is 0.416 e. The zero-order valence-corrected chi connectivity index (χ0v) is 13.1. The van der Waals surface area contributed by atoms with E-state index in [0.717, 1.165) is 17.7 Å². The van der Waals surface area contributed by atoms with Crippen molar-refractivity contribution in [3.63, 3.8) is 0 Å². The van der Waals surface area contributed by atoms with E-state index in [2.05, 4.69) is 0 Å². The summed E-state index contributed by atoms with van der Waals surface area (Å²) in [7, 11) is -4.00. The molecule has 118 valence electrons. The number of aryl methyl sites for hydroxylation is 3. The number of rotatable bonds is 2. The molecule has 0 saturated carbocycles. The first-order valence-electron chi connectivity index (χ1n) is 6.53. The number of sulfone groups is 1. The number of benzene rings is 2. The molecular weight excluding hydrogens is 313 g/mol. The van der Waals surface area contributed by atoms with Crippen molar-refractivity contribution < 1.29 is 21.6 Å². The lowest BCUT2D eigenvalue weighted by atomic mass is 10.1. The second-order valence-electron chi connectivity index (χ2n) is 5.26. The summed E-state index contributed by atoms with van der Waals surface area (Å²) >= 11 is 0. The van der Waals surface area contributed by atoms with Gasteiger partial charge in [-0.3, -0.25) is 0 Å². The van der Waals surface area contributed by atoms with E-state index in [9.17, 15) is 21.6 Å². The first-order valence-corrected chi connectivity index (χ1v) is 8.02. The Labute approximate surface area is 127 Å². The van der Waals surface area contributed by atoms with Crippen LogP contribution in [0, 0.1) is 20.8 Å². The van der Waals surface area contributed by atoms with Gasteiger partial charge in [-0.1, -0.05) is 23.8 Å². The van der Waals surface area contributed by atoms with E-state index in [1.54, 1.807) is 26.0 Å². The quantitative estimate of drug-likeness (QED) is 0.815. The number of hydrogen-bond donors (Lipinski definition) is 0. The highest BCUT2D eigenvalue weighted by molar-refractivity contribution is 7.91. The normalized spacial score (nSPS) is 12.5. The average molecular weight is 328 g/mol. The smallest absolute Gasteiger partial charge is 0.218 e. The second kappa shape index (κ2) is 5.43.